The minimum absolute atomic E-state index is 0. The van der Waals surface area contributed by atoms with E-state index in [0.29, 0.717) is 6.04 Å². The van der Waals surface area contributed by atoms with Gasteiger partial charge in [0.15, 0.2) is 11.9 Å². The minimum atomic E-state index is 0. The van der Waals surface area contributed by atoms with E-state index in [1.54, 1.807) is 0 Å². The molecular weight excluding hydrogens is 321 g/mol. The van der Waals surface area contributed by atoms with Crippen molar-refractivity contribution in [3.63, 3.8) is 0 Å². The second-order valence-corrected chi connectivity index (χ2v) is 5.66. The third-order valence-electron chi connectivity index (χ3n) is 4.08. The number of hydrogen-bond acceptors (Lipinski definition) is 4. The van der Waals surface area contributed by atoms with E-state index in [-0.39, 0.29) is 30.9 Å². The first-order valence-corrected chi connectivity index (χ1v) is 7.68. The van der Waals surface area contributed by atoms with Crippen LogP contribution >= 0.6 is 24.8 Å². The number of nitrogens with one attached hydrogen (secondary N) is 2. The van der Waals surface area contributed by atoms with E-state index >= 15 is 0 Å². The molecule has 1 unspecified atom stereocenters. The van der Waals surface area contributed by atoms with E-state index in [1.165, 1.54) is 32.1 Å². The van der Waals surface area contributed by atoms with Crippen molar-refractivity contribution < 1.29 is 4.84 Å². The fraction of sp³-hybridized carbons (Fsp3) is 0.562. The Balaban J connectivity index is 0.00000121. The first-order valence-electron chi connectivity index (χ1n) is 7.68. The van der Waals surface area contributed by atoms with Gasteiger partial charge in [-0.3, -0.25) is 0 Å². The van der Waals surface area contributed by atoms with Gasteiger partial charge < -0.3 is 15.5 Å². The van der Waals surface area contributed by atoms with Crippen molar-refractivity contribution in [3.05, 3.63) is 35.9 Å². The zero-order valence-electron chi connectivity index (χ0n) is 12.7. The molecule has 2 N–H and O–H groups in total. The molecule has 1 fully saturated rings. The summed E-state index contributed by atoms with van der Waals surface area (Å²) in [7, 11) is 0. The van der Waals surface area contributed by atoms with Gasteiger partial charge in [-0.1, -0.05) is 54.8 Å². The molecule has 1 aromatic carbocycles. The molecule has 0 spiro atoms. The van der Waals surface area contributed by atoms with Gasteiger partial charge in [0.25, 0.3) is 0 Å². The predicted octanol–water partition coefficient (Wildman–Crippen LogP) is 3.10. The van der Waals surface area contributed by atoms with Crippen LogP contribution in [-0.2, 0) is 4.84 Å². The SMILES string of the molecule is Cl.Cl.c1ccc(C2=NOC(CNC3CCCCC3)CN2)cc1. The number of benzene rings is 1. The Bertz CT molecular complexity index is 450. The molecule has 2 aliphatic rings. The van der Waals surface area contributed by atoms with Crippen molar-refractivity contribution in [2.24, 2.45) is 5.16 Å². The number of halogens is 2. The van der Waals surface area contributed by atoms with E-state index in [2.05, 4.69) is 15.8 Å². The molecule has 0 bridgehead atoms. The summed E-state index contributed by atoms with van der Waals surface area (Å²) in [5.74, 6) is 0.833. The van der Waals surface area contributed by atoms with Gasteiger partial charge in [0, 0.05) is 18.2 Å². The zero-order chi connectivity index (χ0) is 13.6. The van der Waals surface area contributed by atoms with Crippen molar-refractivity contribution >= 4 is 30.6 Å². The fourth-order valence-corrected chi connectivity index (χ4v) is 2.87. The summed E-state index contributed by atoms with van der Waals surface area (Å²) in [5, 5.41) is 11.2. The molecule has 3 rings (SSSR count). The molecule has 1 aliphatic carbocycles. The molecule has 1 aliphatic heterocycles. The largest absolute Gasteiger partial charge is 0.388 e. The van der Waals surface area contributed by atoms with Crippen LogP contribution in [0.4, 0.5) is 0 Å². The molecule has 1 heterocycles. The summed E-state index contributed by atoms with van der Waals surface area (Å²) >= 11 is 0. The first kappa shape index (κ1) is 19.1. The van der Waals surface area contributed by atoms with Crippen LogP contribution < -0.4 is 10.6 Å². The Morgan fingerprint density at radius 1 is 1.09 bits per heavy atom. The smallest absolute Gasteiger partial charge is 0.173 e. The van der Waals surface area contributed by atoms with Gasteiger partial charge in [-0.05, 0) is 12.8 Å². The van der Waals surface area contributed by atoms with Crippen molar-refractivity contribution in [1.82, 2.24) is 10.6 Å². The molecule has 22 heavy (non-hydrogen) atoms. The van der Waals surface area contributed by atoms with Crippen LogP contribution in [0.1, 0.15) is 37.7 Å². The zero-order valence-corrected chi connectivity index (χ0v) is 14.3. The quantitative estimate of drug-likeness (QED) is 0.881. The molecule has 124 valence electrons. The maximum atomic E-state index is 5.60. The van der Waals surface area contributed by atoms with Crippen molar-refractivity contribution in [2.45, 2.75) is 44.2 Å². The van der Waals surface area contributed by atoms with Crippen LogP contribution in [0.15, 0.2) is 35.5 Å². The Morgan fingerprint density at radius 3 is 2.45 bits per heavy atom. The lowest BCUT2D eigenvalue weighted by atomic mass is 9.95. The molecule has 0 amide bonds. The average molecular weight is 346 g/mol. The van der Waals surface area contributed by atoms with Crippen molar-refractivity contribution in [2.75, 3.05) is 13.1 Å². The highest BCUT2D eigenvalue weighted by Crippen LogP contribution is 2.17. The third-order valence-corrected chi connectivity index (χ3v) is 4.08. The molecule has 1 atom stereocenters. The van der Waals surface area contributed by atoms with Gasteiger partial charge in [-0.2, -0.15) is 0 Å². The van der Waals surface area contributed by atoms with Crippen LogP contribution in [0.3, 0.4) is 0 Å². The number of rotatable bonds is 4. The molecule has 1 aromatic rings. The standard InChI is InChI=1S/C16H23N3O.2ClH/c1-3-7-13(8-4-1)16-18-12-15(20-19-16)11-17-14-9-5-2-6-10-14;;/h1,3-4,7-8,14-15,17H,2,5-6,9-12H2,(H,18,19);2*1H. The topological polar surface area (TPSA) is 45.6 Å². The number of nitrogens with zero attached hydrogens (tertiary/aromatic N) is 1. The minimum Gasteiger partial charge on any atom is -0.388 e. The third kappa shape index (κ3) is 5.34. The molecule has 1 saturated carbocycles. The Labute approximate surface area is 144 Å². The summed E-state index contributed by atoms with van der Waals surface area (Å²) in [4.78, 5) is 5.60. The predicted molar refractivity (Wildman–Crippen MR) is 95.2 cm³/mol. The van der Waals surface area contributed by atoms with E-state index in [9.17, 15) is 0 Å². The second-order valence-electron chi connectivity index (χ2n) is 5.66. The number of hydrogen-bond donors (Lipinski definition) is 2. The lowest BCUT2D eigenvalue weighted by Gasteiger charge is -2.27. The Hall–Kier alpha value is -0.970. The van der Waals surface area contributed by atoms with Gasteiger partial charge in [-0.25, -0.2) is 0 Å². The summed E-state index contributed by atoms with van der Waals surface area (Å²) < 4.78 is 0. The number of amidine groups is 1. The molecule has 0 radical (unpaired) electrons. The van der Waals surface area contributed by atoms with E-state index in [1.807, 2.05) is 30.3 Å². The molecular formula is C16H25Cl2N3O. The maximum absolute atomic E-state index is 5.60. The molecule has 6 heteroatoms. The molecule has 4 nitrogen and oxygen atoms in total. The van der Waals surface area contributed by atoms with E-state index < -0.39 is 0 Å². The van der Waals surface area contributed by atoms with Crippen molar-refractivity contribution in [1.29, 1.82) is 0 Å². The normalized spacial score (nSPS) is 21.5. The summed E-state index contributed by atoms with van der Waals surface area (Å²) in [6.07, 6.45) is 6.85. The second kappa shape index (κ2) is 9.93. The number of oxime groups is 1. The Kier molecular flexibility index (Phi) is 8.61. The van der Waals surface area contributed by atoms with E-state index in [4.69, 9.17) is 4.84 Å². The van der Waals surface area contributed by atoms with Gasteiger partial charge in [-0.15, -0.1) is 24.8 Å². The summed E-state index contributed by atoms with van der Waals surface area (Å²) in [5.41, 5.74) is 1.08. The molecule has 0 aromatic heterocycles. The summed E-state index contributed by atoms with van der Waals surface area (Å²) in [6.45, 7) is 1.69. The highest BCUT2D eigenvalue weighted by molar-refractivity contribution is 5.98. The summed E-state index contributed by atoms with van der Waals surface area (Å²) in [6, 6.07) is 10.8. The lowest BCUT2D eigenvalue weighted by Crippen LogP contribution is -2.45. The van der Waals surface area contributed by atoms with Crippen LogP contribution in [0, 0.1) is 0 Å². The van der Waals surface area contributed by atoms with Gasteiger partial charge >= 0.3 is 0 Å². The van der Waals surface area contributed by atoms with Gasteiger partial charge in [0.05, 0.1) is 6.54 Å². The van der Waals surface area contributed by atoms with Gasteiger partial charge in [0.2, 0.25) is 0 Å². The van der Waals surface area contributed by atoms with Crippen LogP contribution in [0.5, 0.6) is 0 Å². The highest BCUT2D eigenvalue weighted by atomic mass is 35.5. The maximum Gasteiger partial charge on any atom is 0.173 e. The van der Waals surface area contributed by atoms with Crippen LogP contribution in [0.2, 0.25) is 0 Å². The molecule has 0 saturated heterocycles. The van der Waals surface area contributed by atoms with Crippen LogP contribution in [0.25, 0.3) is 0 Å². The fourth-order valence-electron chi connectivity index (χ4n) is 2.87. The highest BCUT2D eigenvalue weighted by Gasteiger charge is 2.20. The Morgan fingerprint density at radius 2 is 1.82 bits per heavy atom. The lowest BCUT2D eigenvalue weighted by molar-refractivity contribution is 0.0477. The van der Waals surface area contributed by atoms with E-state index in [0.717, 1.165) is 24.5 Å². The first-order chi connectivity index (χ1) is 9.92. The van der Waals surface area contributed by atoms with Crippen LogP contribution in [-0.4, -0.2) is 31.1 Å². The van der Waals surface area contributed by atoms with Gasteiger partial charge in [0.1, 0.15) is 0 Å². The monoisotopic (exact) mass is 345 g/mol. The average Bonchev–Trinajstić information content (AvgIpc) is 2.55. The van der Waals surface area contributed by atoms with Crippen molar-refractivity contribution in [3.8, 4) is 0 Å².